The number of benzene rings is 2. The van der Waals surface area contributed by atoms with E-state index in [-0.39, 0.29) is 31.0 Å². The molecule has 0 aromatic heterocycles. The summed E-state index contributed by atoms with van der Waals surface area (Å²) in [5.74, 6) is -0.0607. The maximum absolute atomic E-state index is 13.1. The highest BCUT2D eigenvalue weighted by Crippen LogP contribution is 2.28. The van der Waals surface area contributed by atoms with E-state index in [9.17, 15) is 9.59 Å². The minimum absolute atomic E-state index is 0.0555. The number of amides is 2. The molecular formula is C23H27BrCl2N2O3. The molecule has 0 heterocycles. The zero-order valence-corrected chi connectivity index (χ0v) is 21.1. The second-order valence-corrected chi connectivity index (χ2v) is 9.14. The van der Waals surface area contributed by atoms with E-state index in [0.29, 0.717) is 21.4 Å². The van der Waals surface area contributed by atoms with Gasteiger partial charge in [-0.2, -0.15) is 0 Å². The van der Waals surface area contributed by atoms with E-state index in [1.807, 2.05) is 32.0 Å². The molecule has 0 saturated carbocycles. The van der Waals surface area contributed by atoms with E-state index in [0.717, 1.165) is 16.5 Å². The summed E-state index contributed by atoms with van der Waals surface area (Å²) in [4.78, 5) is 27.2. The monoisotopic (exact) mass is 528 g/mol. The highest BCUT2D eigenvalue weighted by Gasteiger charge is 2.28. The van der Waals surface area contributed by atoms with Crippen molar-refractivity contribution >= 4 is 50.9 Å². The van der Waals surface area contributed by atoms with Crippen LogP contribution in [0.3, 0.4) is 0 Å². The molecule has 2 aromatic rings. The molecule has 0 spiro atoms. The smallest absolute Gasteiger partial charge is 0.261 e. The van der Waals surface area contributed by atoms with Crippen molar-refractivity contribution in [3.8, 4) is 5.75 Å². The Morgan fingerprint density at radius 1 is 1.13 bits per heavy atom. The van der Waals surface area contributed by atoms with Crippen molar-refractivity contribution < 1.29 is 14.3 Å². The third kappa shape index (κ3) is 7.13. The number of carbonyl (C=O) groups is 2. The Morgan fingerprint density at radius 2 is 1.77 bits per heavy atom. The van der Waals surface area contributed by atoms with Crippen LogP contribution in [0.5, 0.6) is 5.75 Å². The van der Waals surface area contributed by atoms with Crippen molar-refractivity contribution in [1.82, 2.24) is 10.2 Å². The molecular weight excluding hydrogens is 503 g/mol. The summed E-state index contributed by atoms with van der Waals surface area (Å²) in [7, 11) is 0. The molecule has 2 aromatic carbocycles. The van der Waals surface area contributed by atoms with Crippen LogP contribution in [-0.2, 0) is 22.6 Å². The number of carbonyl (C=O) groups excluding carboxylic acids is 2. The number of nitrogens with zero attached hydrogens (tertiary/aromatic N) is 1. The van der Waals surface area contributed by atoms with Crippen LogP contribution >= 0.6 is 39.1 Å². The third-order valence-electron chi connectivity index (χ3n) is 4.74. The predicted octanol–water partition coefficient (Wildman–Crippen LogP) is 5.64. The van der Waals surface area contributed by atoms with Gasteiger partial charge < -0.3 is 15.0 Å². The zero-order chi connectivity index (χ0) is 23.1. The number of hydrogen-bond acceptors (Lipinski definition) is 3. The zero-order valence-electron chi connectivity index (χ0n) is 18.0. The quantitative estimate of drug-likeness (QED) is 0.457. The van der Waals surface area contributed by atoms with Crippen molar-refractivity contribution in [3.63, 3.8) is 0 Å². The van der Waals surface area contributed by atoms with Crippen molar-refractivity contribution in [1.29, 1.82) is 0 Å². The van der Waals surface area contributed by atoms with Gasteiger partial charge in [0.2, 0.25) is 5.91 Å². The Kier molecular flexibility index (Phi) is 9.66. The molecule has 2 amide bonds. The van der Waals surface area contributed by atoms with E-state index in [1.54, 1.807) is 25.1 Å². The topological polar surface area (TPSA) is 58.6 Å². The molecule has 1 atom stereocenters. The molecule has 2 rings (SSSR count). The van der Waals surface area contributed by atoms with Crippen LogP contribution in [0.2, 0.25) is 10.0 Å². The van der Waals surface area contributed by atoms with Gasteiger partial charge in [0.25, 0.3) is 5.91 Å². The highest BCUT2D eigenvalue weighted by atomic mass is 79.9. The van der Waals surface area contributed by atoms with Crippen molar-refractivity contribution in [2.75, 3.05) is 6.61 Å². The fourth-order valence-corrected chi connectivity index (χ4v) is 4.00. The highest BCUT2D eigenvalue weighted by molar-refractivity contribution is 9.10. The van der Waals surface area contributed by atoms with Crippen LogP contribution in [0, 0.1) is 0 Å². The Labute approximate surface area is 202 Å². The Morgan fingerprint density at radius 3 is 2.32 bits per heavy atom. The molecule has 168 valence electrons. The van der Waals surface area contributed by atoms with Gasteiger partial charge in [0.05, 0.1) is 4.47 Å². The third-order valence-corrected chi connectivity index (χ3v) is 6.07. The Balaban J connectivity index is 2.24. The van der Waals surface area contributed by atoms with Gasteiger partial charge in [0.15, 0.2) is 6.61 Å². The number of aryl methyl sites for hydroxylation is 1. The summed E-state index contributed by atoms with van der Waals surface area (Å²) in [6.07, 6.45) is 0.895. The van der Waals surface area contributed by atoms with Crippen LogP contribution in [0.15, 0.2) is 40.9 Å². The molecule has 0 aliphatic rings. The molecule has 0 aliphatic heterocycles. The Hall–Kier alpha value is -1.76. The maximum atomic E-state index is 13.1. The summed E-state index contributed by atoms with van der Waals surface area (Å²) in [6.45, 7) is 7.32. The van der Waals surface area contributed by atoms with Gasteiger partial charge in [-0.3, -0.25) is 9.59 Å². The Bertz CT molecular complexity index is 917. The lowest BCUT2D eigenvalue weighted by molar-refractivity contribution is -0.142. The van der Waals surface area contributed by atoms with E-state index in [2.05, 4.69) is 28.2 Å². The normalized spacial score (nSPS) is 11.9. The lowest BCUT2D eigenvalue weighted by Crippen LogP contribution is -2.50. The molecule has 0 bridgehead atoms. The van der Waals surface area contributed by atoms with Gasteiger partial charge >= 0.3 is 0 Å². The van der Waals surface area contributed by atoms with Gasteiger partial charge in [0, 0.05) is 28.2 Å². The van der Waals surface area contributed by atoms with Crippen LogP contribution in [0.25, 0.3) is 0 Å². The average molecular weight is 530 g/mol. The first-order valence-electron chi connectivity index (χ1n) is 10.1. The molecule has 0 unspecified atom stereocenters. The summed E-state index contributed by atoms with van der Waals surface area (Å²) >= 11 is 16.1. The molecule has 0 fully saturated rings. The predicted molar refractivity (Wildman–Crippen MR) is 129 cm³/mol. The number of hydrogen-bond donors (Lipinski definition) is 1. The minimum Gasteiger partial charge on any atom is -0.483 e. The molecule has 0 aliphatic carbocycles. The van der Waals surface area contributed by atoms with Crippen molar-refractivity contribution in [3.05, 3.63) is 62.0 Å². The maximum Gasteiger partial charge on any atom is 0.261 e. The van der Waals surface area contributed by atoms with Gasteiger partial charge in [0.1, 0.15) is 11.8 Å². The van der Waals surface area contributed by atoms with E-state index >= 15 is 0 Å². The first-order valence-corrected chi connectivity index (χ1v) is 11.6. The fourth-order valence-electron chi connectivity index (χ4n) is 2.95. The van der Waals surface area contributed by atoms with E-state index in [4.69, 9.17) is 27.9 Å². The lowest BCUT2D eigenvalue weighted by atomic mass is 10.1. The van der Waals surface area contributed by atoms with Crippen LogP contribution in [-0.4, -0.2) is 35.4 Å². The lowest BCUT2D eigenvalue weighted by Gasteiger charge is -2.30. The van der Waals surface area contributed by atoms with Gasteiger partial charge in [-0.25, -0.2) is 0 Å². The molecule has 0 radical (unpaired) electrons. The number of halogens is 3. The first-order chi connectivity index (χ1) is 14.6. The summed E-state index contributed by atoms with van der Waals surface area (Å²) in [5.41, 5.74) is 1.73. The largest absolute Gasteiger partial charge is 0.483 e. The van der Waals surface area contributed by atoms with Crippen LogP contribution < -0.4 is 10.1 Å². The van der Waals surface area contributed by atoms with E-state index in [1.165, 1.54) is 4.90 Å². The number of rotatable bonds is 9. The molecule has 5 nitrogen and oxygen atoms in total. The van der Waals surface area contributed by atoms with Gasteiger partial charge in [-0.05, 0) is 73.0 Å². The SMILES string of the molecule is CCc1ccc(OCC(=O)N(Cc2c(Cl)cccc2Cl)[C@@H](C)C(=O)NC(C)C)c(Br)c1. The molecule has 8 heteroatoms. The van der Waals surface area contributed by atoms with Crippen LogP contribution in [0.1, 0.15) is 38.8 Å². The van der Waals surface area contributed by atoms with Gasteiger partial charge in [-0.1, -0.05) is 42.3 Å². The molecule has 31 heavy (non-hydrogen) atoms. The molecule has 1 N–H and O–H groups in total. The standard InChI is InChI=1S/C23H27BrCl2N2O3/c1-5-16-9-10-21(18(24)11-16)31-13-22(29)28(15(4)23(30)27-14(2)3)12-17-19(25)7-6-8-20(17)26/h6-11,14-15H,5,12-13H2,1-4H3,(H,27,30)/t15-/m0/s1. The van der Waals surface area contributed by atoms with Crippen LogP contribution in [0.4, 0.5) is 0 Å². The second kappa shape index (κ2) is 11.7. The second-order valence-electron chi connectivity index (χ2n) is 7.47. The van der Waals surface area contributed by atoms with Gasteiger partial charge in [-0.15, -0.1) is 0 Å². The van der Waals surface area contributed by atoms with Crippen molar-refractivity contribution in [2.45, 2.75) is 52.7 Å². The average Bonchev–Trinajstić information content (AvgIpc) is 2.71. The fraction of sp³-hybridized carbons (Fsp3) is 0.391. The number of nitrogens with one attached hydrogen (secondary N) is 1. The molecule has 0 saturated heterocycles. The first kappa shape index (κ1) is 25.5. The summed E-state index contributed by atoms with van der Waals surface area (Å²) in [6, 6.07) is 10.1. The summed E-state index contributed by atoms with van der Waals surface area (Å²) in [5, 5.41) is 3.70. The minimum atomic E-state index is -0.739. The van der Waals surface area contributed by atoms with Crippen molar-refractivity contribution in [2.24, 2.45) is 0 Å². The van der Waals surface area contributed by atoms with E-state index < -0.39 is 6.04 Å². The number of ether oxygens (including phenoxy) is 1. The summed E-state index contributed by atoms with van der Waals surface area (Å²) < 4.78 is 6.52.